The zero-order valence-electron chi connectivity index (χ0n) is 10.6. The fourth-order valence-electron chi connectivity index (χ4n) is 2.58. The van der Waals surface area contributed by atoms with Gasteiger partial charge in [-0.15, -0.1) is 0 Å². The largest absolute Gasteiger partial charge is 0.314 e. The lowest BCUT2D eigenvalue weighted by Gasteiger charge is -2.27. The summed E-state index contributed by atoms with van der Waals surface area (Å²) in [5.41, 5.74) is 0.823. The lowest BCUT2D eigenvalue weighted by Crippen LogP contribution is -2.34. The molecule has 0 spiro atoms. The molecular formula is C15H22FN. The van der Waals surface area contributed by atoms with E-state index >= 15 is 0 Å². The van der Waals surface area contributed by atoms with Gasteiger partial charge in [-0.3, -0.25) is 0 Å². The Bertz CT molecular complexity index is 343. The van der Waals surface area contributed by atoms with Gasteiger partial charge in [0.15, 0.2) is 0 Å². The van der Waals surface area contributed by atoms with Gasteiger partial charge in [-0.2, -0.15) is 0 Å². The van der Waals surface area contributed by atoms with Gasteiger partial charge in [0.1, 0.15) is 5.82 Å². The Morgan fingerprint density at radius 2 is 1.88 bits per heavy atom. The summed E-state index contributed by atoms with van der Waals surface area (Å²) in [6, 6.07) is 7.71. The molecule has 1 nitrogen and oxygen atoms in total. The van der Waals surface area contributed by atoms with E-state index in [1.54, 1.807) is 6.07 Å². The second-order valence-corrected chi connectivity index (χ2v) is 5.25. The topological polar surface area (TPSA) is 12.0 Å². The molecule has 0 aromatic heterocycles. The number of rotatable bonds is 4. The van der Waals surface area contributed by atoms with Crippen molar-refractivity contribution < 1.29 is 4.39 Å². The Balaban J connectivity index is 1.71. The highest BCUT2D eigenvalue weighted by atomic mass is 19.1. The molecule has 0 radical (unpaired) electrons. The summed E-state index contributed by atoms with van der Waals surface area (Å²) in [5.74, 6) is 0.811. The third kappa shape index (κ3) is 3.81. The van der Waals surface area contributed by atoms with Gasteiger partial charge in [0, 0.05) is 6.04 Å². The maximum atomic E-state index is 13.4. The Labute approximate surface area is 103 Å². The molecule has 2 heteroatoms. The predicted molar refractivity (Wildman–Crippen MR) is 69.5 cm³/mol. The van der Waals surface area contributed by atoms with Crippen molar-refractivity contribution in [2.75, 3.05) is 6.54 Å². The van der Waals surface area contributed by atoms with Crippen molar-refractivity contribution in [3.63, 3.8) is 0 Å². The normalized spacial score (nSPS) is 24.8. The Kier molecular flexibility index (Phi) is 4.55. The first kappa shape index (κ1) is 12.6. The third-order valence-electron chi connectivity index (χ3n) is 3.80. The van der Waals surface area contributed by atoms with E-state index in [2.05, 4.69) is 12.2 Å². The summed E-state index contributed by atoms with van der Waals surface area (Å²) in [4.78, 5) is 0. The lowest BCUT2D eigenvalue weighted by atomic mass is 9.87. The van der Waals surface area contributed by atoms with Gasteiger partial charge in [-0.1, -0.05) is 25.1 Å². The van der Waals surface area contributed by atoms with Crippen LogP contribution in [0.2, 0.25) is 0 Å². The highest BCUT2D eigenvalue weighted by molar-refractivity contribution is 5.17. The molecule has 0 unspecified atom stereocenters. The lowest BCUT2D eigenvalue weighted by molar-refractivity contribution is 0.308. The van der Waals surface area contributed by atoms with E-state index in [-0.39, 0.29) is 5.82 Å². The molecule has 17 heavy (non-hydrogen) atoms. The van der Waals surface area contributed by atoms with E-state index < -0.39 is 0 Å². The van der Waals surface area contributed by atoms with Crippen molar-refractivity contribution in [3.05, 3.63) is 35.6 Å². The van der Waals surface area contributed by atoms with Crippen molar-refractivity contribution in [1.82, 2.24) is 5.32 Å². The van der Waals surface area contributed by atoms with Gasteiger partial charge in [0.25, 0.3) is 0 Å². The third-order valence-corrected chi connectivity index (χ3v) is 3.80. The van der Waals surface area contributed by atoms with Crippen molar-refractivity contribution in [3.8, 4) is 0 Å². The van der Waals surface area contributed by atoms with Crippen LogP contribution in [-0.4, -0.2) is 12.6 Å². The maximum Gasteiger partial charge on any atom is 0.126 e. The standard InChI is InChI=1S/C15H22FN/c1-12-6-8-14(9-7-12)17-11-10-13-4-2-3-5-15(13)16/h2-5,12,14,17H,6-11H2,1H3. The molecule has 1 aliphatic rings. The monoisotopic (exact) mass is 235 g/mol. The van der Waals surface area contributed by atoms with Crippen LogP contribution in [0.1, 0.15) is 38.2 Å². The fraction of sp³-hybridized carbons (Fsp3) is 0.600. The van der Waals surface area contributed by atoms with E-state index in [4.69, 9.17) is 0 Å². The minimum Gasteiger partial charge on any atom is -0.314 e. The summed E-state index contributed by atoms with van der Waals surface area (Å²) >= 11 is 0. The van der Waals surface area contributed by atoms with Crippen LogP contribution in [0.5, 0.6) is 0 Å². The zero-order chi connectivity index (χ0) is 12.1. The quantitative estimate of drug-likeness (QED) is 0.841. The summed E-state index contributed by atoms with van der Waals surface area (Å²) in [6.07, 6.45) is 6.00. The molecule has 0 amide bonds. The fourth-order valence-corrected chi connectivity index (χ4v) is 2.58. The van der Waals surface area contributed by atoms with Gasteiger partial charge < -0.3 is 5.32 Å². The van der Waals surface area contributed by atoms with Gasteiger partial charge in [-0.05, 0) is 56.2 Å². The van der Waals surface area contributed by atoms with Crippen LogP contribution in [0.3, 0.4) is 0 Å². The first-order valence-corrected chi connectivity index (χ1v) is 6.72. The molecule has 0 heterocycles. The van der Waals surface area contributed by atoms with Crippen LogP contribution < -0.4 is 5.32 Å². The van der Waals surface area contributed by atoms with Crippen LogP contribution in [-0.2, 0) is 6.42 Å². The summed E-state index contributed by atoms with van der Waals surface area (Å²) < 4.78 is 13.4. The summed E-state index contributed by atoms with van der Waals surface area (Å²) in [5, 5.41) is 3.55. The molecule has 1 fully saturated rings. The van der Waals surface area contributed by atoms with E-state index in [1.807, 2.05) is 12.1 Å². The highest BCUT2D eigenvalue weighted by Gasteiger charge is 2.17. The average Bonchev–Trinajstić information content (AvgIpc) is 2.34. The molecule has 1 aromatic carbocycles. The van der Waals surface area contributed by atoms with Crippen LogP contribution >= 0.6 is 0 Å². The first-order chi connectivity index (χ1) is 8.25. The van der Waals surface area contributed by atoms with Crippen LogP contribution in [0.25, 0.3) is 0 Å². The second kappa shape index (κ2) is 6.15. The maximum absolute atomic E-state index is 13.4. The van der Waals surface area contributed by atoms with E-state index in [1.165, 1.54) is 31.7 Å². The van der Waals surface area contributed by atoms with Gasteiger partial charge in [-0.25, -0.2) is 4.39 Å². The Hall–Kier alpha value is -0.890. The smallest absolute Gasteiger partial charge is 0.126 e. The molecule has 1 aliphatic carbocycles. The second-order valence-electron chi connectivity index (χ2n) is 5.25. The van der Waals surface area contributed by atoms with Crippen LogP contribution in [0.4, 0.5) is 4.39 Å². The number of hydrogen-bond donors (Lipinski definition) is 1. The average molecular weight is 235 g/mol. The van der Waals surface area contributed by atoms with Crippen molar-refractivity contribution in [2.45, 2.75) is 45.1 Å². The first-order valence-electron chi connectivity index (χ1n) is 6.72. The van der Waals surface area contributed by atoms with Gasteiger partial charge >= 0.3 is 0 Å². The molecule has 94 valence electrons. The molecule has 0 bridgehead atoms. The van der Waals surface area contributed by atoms with Gasteiger partial charge in [0.05, 0.1) is 0 Å². The Morgan fingerprint density at radius 1 is 1.18 bits per heavy atom. The minimum atomic E-state index is -0.0773. The summed E-state index contributed by atoms with van der Waals surface area (Å²) in [7, 11) is 0. The van der Waals surface area contributed by atoms with Crippen molar-refractivity contribution in [2.24, 2.45) is 5.92 Å². The van der Waals surface area contributed by atoms with E-state index in [0.717, 1.165) is 24.4 Å². The van der Waals surface area contributed by atoms with E-state index in [9.17, 15) is 4.39 Å². The molecule has 1 saturated carbocycles. The molecule has 0 aliphatic heterocycles. The van der Waals surface area contributed by atoms with Gasteiger partial charge in [0.2, 0.25) is 0 Å². The Morgan fingerprint density at radius 3 is 2.59 bits per heavy atom. The van der Waals surface area contributed by atoms with Crippen LogP contribution in [0, 0.1) is 11.7 Å². The van der Waals surface area contributed by atoms with E-state index in [0.29, 0.717) is 6.04 Å². The molecule has 0 atom stereocenters. The molecule has 0 saturated heterocycles. The van der Waals surface area contributed by atoms with Crippen LogP contribution in [0.15, 0.2) is 24.3 Å². The predicted octanol–water partition coefficient (Wildman–Crippen LogP) is 3.54. The minimum absolute atomic E-state index is 0.0773. The SMILES string of the molecule is CC1CCC(NCCc2ccccc2F)CC1. The van der Waals surface area contributed by atoms with Crippen molar-refractivity contribution in [1.29, 1.82) is 0 Å². The zero-order valence-corrected chi connectivity index (χ0v) is 10.6. The van der Waals surface area contributed by atoms with Crippen molar-refractivity contribution >= 4 is 0 Å². The summed E-state index contributed by atoms with van der Waals surface area (Å²) in [6.45, 7) is 3.22. The molecular weight excluding hydrogens is 213 g/mol. The number of benzene rings is 1. The molecule has 2 rings (SSSR count). The highest BCUT2D eigenvalue weighted by Crippen LogP contribution is 2.23. The number of nitrogens with one attached hydrogen (secondary N) is 1. The number of hydrogen-bond acceptors (Lipinski definition) is 1. The number of halogens is 1. The molecule has 1 aromatic rings. The molecule has 1 N–H and O–H groups in total.